The van der Waals surface area contributed by atoms with Crippen molar-refractivity contribution in [1.29, 1.82) is 0 Å². The SMILES string of the molecule is C#CCOC1=CC2OC(=O)CC=C2C=C1. The summed E-state index contributed by atoms with van der Waals surface area (Å²) in [6.45, 7) is 0.218. The van der Waals surface area contributed by atoms with Gasteiger partial charge >= 0.3 is 5.97 Å². The standard InChI is InChI=1S/C12H10O3/c1-2-7-14-10-5-3-9-4-6-12(13)15-11(9)8-10/h1,3-5,8,11H,6-7H2. The van der Waals surface area contributed by atoms with Gasteiger partial charge in [0.1, 0.15) is 18.5 Å². The third kappa shape index (κ3) is 2.10. The Kier molecular flexibility index (Phi) is 2.59. The lowest BCUT2D eigenvalue weighted by Crippen LogP contribution is -2.23. The van der Waals surface area contributed by atoms with Gasteiger partial charge < -0.3 is 9.47 Å². The van der Waals surface area contributed by atoms with E-state index in [9.17, 15) is 4.79 Å². The second kappa shape index (κ2) is 4.05. The van der Waals surface area contributed by atoms with E-state index in [-0.39, 0.29) is 18.7 Å². The average Bonchev–Trinajstić information content (AvgIpc) is 2.25. The summed E-state index contributed by atoms with van der Waals surface area (Å²) in [5.41, 5.74) is 0.989. The van der Waals surface area contributed by atoms with E-state index in [1.54, 1.807) is 6.08 Å². The highest BCUT2D eigenvalue weighted by Gasteiger charge is 2.23. The van der Waals surface area contributed by atoms with Crippen LogP contribution in [0.3, 0.4) is 0 Å². The summed E-state index contributed by atoms with van der Waals surface area (Å²) < 4.78 is 10.4. The monoisotopic (exact) mass is 202 g/mol. The van der Waals surface area contributed by atoms with Gasteiger partial charge in [-0.1, -0.05) is 18.1 Å². The zero-order chi connectivity index (χ0) is 10.7. The maximum Gasteiger partial charge on any atom is 0.310 e. The molecule has 0 fully saturated rings. The van der Waals surface area contributed by atoms with Gasteiger partial charge in [0.25, 0.3) is 0 Å². The highest BCUT2D eigenvalue weighted by Crippen LogP contribution is 2.24. The van der Waals surface area contributed by atoms with Crippen LogP contribution in [0.4, 0.5) is 0 Å². The lowest BCUT2D eigenvalue weighted by Gasteiger charge is -2.23. The van der Waals surface area contributed by atoms with Crippen molar-refractivity contribution in [3.05, 3.63) is 35.6 Å². The number of hydrogen-bond acceptors (Lipinski definition) is 3. The highest BCUT2D eigenvalue weighted by atomic mass is 16.5. The Morgan fingerprint density at radius 1 is 1.60 bits per heavy atom. The number of fused-ring (bicyclic) bond motifs is 1. The van der Waals surface area contributed by atoms with Gasteiger partial charge in [0.2, 0.25) is 0 Å². The number of hydrogen-bond donors (Lipinski definition) is 0. The van der Waals surface area contributed by atoms with Crippen molar-refractivity contribution in [2.75, 3.05) is 6.61 Å². The maximum absolute atomic E-state index is 11.0. The molecule has 0 N–H and O–H groups in total. The Morgan fingerprint density at radius 2 is 2.47 bits per heavy atom. The Hall–Kier alpha value is -1.95. The minimum atomic E-state index is -0.316. The molecule has 76 valence electrons. The molecule has 0 aromatic carbocycles. The van der Waals surface area contributed by atoms with E-state index in [4.69, 9.17) is 15.9 Å². The van der Waals surface area contributed by atoms with E-state index < -0.39 is 0 Å². The first-order chi connectivity index (χ1) is 7.29. The van der Waals surface area contributed by atoms with Gasteiger partial charge in [-0.2, -0.15) is 0 Å². The fraction of sp³-hybridized carbons (Fsp3) is 0.250. The second-order valence-electron chi connectivity index (χ2n) is 3.21. The number of esters is 1. The van der Waals surface area contributed by atoms with Gasteiger partial charge in [0, 0.05) is 6.08 Å². The van der Waals surface area contributed by atoms with E-state index in [0.29, 0.717) is 12.2 Å². The summed E-state index contributed by atoms with van der Waals surface area (Å²) in [5.74, 6) is 2.80. The topological polar surface area (TPSA) is 35.5 Å². The third-order valence-electron chi connectivity index (χ3n) is 2.17. The molecular weight excluding hydrogens is 192 g/mol. The number of carbonyl (C=O) groups excluding carboxylic acids is 1. The van der Waals surface area contributed by atoms with Crippen LogP contribution in [-0.4, -0.2) is 18.7 Å². The number of carbonyl (C=O) groups is 1. The molecule has 0 saturated heterocycles. The van der Waals surface area contributed by atoms with Crippen molar-refractivity contribution >= 4 is 5.97 Å². The van der Waals surface area contributed by atoms with Crippen LogP contribution >= 0.6 is 0 Å². The zero-order valence-electron chi connectivity index (χ0n) is 8.10. The summed E-state index contributed by atoms with van der Waals surface area (Å²) >= 11 is 0. The molecule has 1 aliphatic carbocycles. The maximum atomic E-state index is 11.0. The van der Waals surface area contributed by atoms with Gasteiger partial charge in [-0.15, -0.1) is 6.42 Å². The van der Waals surface area contributed by atoms with Gasteiger partial charge in [-0.05, 0) is 11.6 Å². The highest BCUT2D eigenvalue weighted by molar-refractivity contribution is 5.74. The number of ether oxygens (including phenoxy) is 2. The summed E-state index contributed by atoms with van der Waals surface area (Å²) in [6.07, 6.45) is 12.4. The molecule has 2 aliphatic rings. The van der Waals surface area contributed by atoms with E-state index >= 15 is 0 Å². The van der Waals surface area contributed by atoms with E-state index in [0.717, 1.165) is 5.57 Å². The smallest absolute Gasteiger partial charge is 0.310 e. The summed E-state index contributed by atoms with van der Waals surface area (Å²) in [4.78, 5) is 11.0. The van der Waals surface area contributed by atoms with Crippen molar-refractivity contribution in [3.8, 4) is 12.3 Å². The van der Waals surface area contributed by atoms with Gasteiger partial charge in [-0.3, -0.25) is 4.79 Å². The van der Waals surface area contributed by atoms with E-state index in [1.807, 2.05) is 18.2 Å². The molecule has 15 heavy (non-hydrogen) atoms. The molecule has 0 spiro atoms. The van der Waals surface area contributed by atoms with Crippen LogP contribution < -0.4 is 0 Å². The molecule has 1 aliphatic heterocycles. The summed E-state index contributed by atoms with van der Waals surface area (Å²) in [7, 11) is 0. The number of allylic oxidation sites excluding steroid dienone is 1. The first kappa shape index (κ1) is 9.60. The average molecular weight is 202 g/mol. The van der Waals surface area contributed by atoms with Crippen molar-refractivity contribution < 1.29 is 14.3 Å². The normalized spacial score (nSPS) is 23.1. The van der Waals surface area contributed by atoms with Crippen molar-refractivity contribution in [2.45, 2.75) is 12.5 Å². The molecule has 0 bridgehead atoms. The lowest BCUT2D eigenvalue weighted by atomic mass is 10.0. The fourth-order valence-corrected chi connectivity index (χ4v) is 1.47. The summed E-state index contributed by atoms with van der Waals surface area (Å²) in [6, 6.07) is 0. The van der Waals surface area contributed by atoms with Crippen LogP contribution in [-0.2, 0) is 14.3 Å². The van der Waals surface area contributed by atoms with Crippen LogP contribution in [0.1, 0.15) is 6.42 Å². The van der Waals surface area contributed by atoms with Crippen LogP contribution in [0.2, 0.25) is 0 Å². The van der Waals surface area contributed by atoms with Crippen molar-refractivity contribution in [1.82, 2.24) is 0 Å². The first-order valence-electron chi connectivity index (χ1n) is 4.65. The van der Waals surface area contributed by atoms with Crippen LogP contribution in [0.25, 0.3) is 0 Å². The molecule has 1 atom stereocenters. The first-order valence-corrected chi connectivity index (χ1v) is 4.65. The molecule has 0 amide bonds. The van der Waals surface area contributed by atoms with Crippen LogP contribution in [0.5, 0.6) is 0 Å². The number of rotatable bonds is 2. The predicted molar refractivity (Wildman–Crippen MR) is 54.6 cm³/mol. The van der Waals surface area contributed by atoms with Crippen molar-refractivity contribution in [2.24, 2.45) is 0 Å². The second-order valence-corrected chi connectivity index (χ2v) is 3.21. The van der Waals surface area contributed by atoms with Gasteiger partial charge in [-0.25, -0.2) is 0 Å². The molecule has 1 heterocycles. The molecule has 3 heteroatoms. The minimum Gasteiger partial charge on any atom is -0.481 e. The molecule has 0 aromatic heterocycles. The molecule has 0 saturated carbocycles. The Balaban J connectivity index is 2.12. The van der Waals surface area contributed by atoms with E-state index in [2.05, 4.69) is 5.92 Å². The van der Waals surface area contributed by atoms with Crippen LogP contribution in [0, 0.1) is 12.3 Å². The van der Waals surface area contributed by atoms with Gasteiger partial charge in [0.05, 0.1) is 6.42 Å². The summed E-state index contributed by atoms with van der Waals surface area (Å²) in [5, 5.41) is 0. The van der Waals surface area contributed by atoms with Crippen molar-refractivity contribution in [3.63, 3.8) is 0 Å². The number of terminal acetylenes is 1. The molecule has 1 unspecified atom stereocenters. The van der Waals surface area contributed by atoms with E-state index in [1.165, 1.54) is 0 Å². The molecule has 3 nitrogen and oxygen atoms in total. The quantitative estimate of drug-likeness (QED) is 0.500. The predicted octanol–water partition coefficient (Wildman–Crippen LogP) is 1.33. The molecule has 0 aromatic rings. The largest absolute Gasteiger partial charge is 0.481 e. The third-order valence-corrected chi connectivity index (χ3v) is 2.17. The lowest BCUT2D eigenvalue weighted by molar-refractivity contribution is -0.145. The van der Waals surface area contributed by atoms with Gasteiger partial charge in [0.15, 0.2) is 0 Å². The van der Waals surface area contributed by atoms with Crippen LogP contribution in [0.15, 0.2) is 35.6 Å². The Bertz CT molecular complexity index is 407. The molecular formula is C12H10O3. The molecule has 0 radical (unpaired) electrons. The Labute approximate surface area is 88.1 Å². The Morgan fingerprint density at radius 3 is 3.27 bits per heavy atom. The molecule has 2 rings (SSSR count). The zero-order valence-corrected chi connectivity index (χ0v) is 8.10. The fourth-order valence-electron chi connectivity index (χ4n) is 1.47. The minimum absolute atomic E-state index is 0.216.